The van der Waals surface area contributed by atoms with Crippen molar-refractivity contribution in [2.75, 3.05) is 6.54 Å². The van der Waals surface area contributed by atoms with Gasteiger partial charge in [0.2, 0.25) is 0 Å². The number of hydrogen-bond acceptors (Lipinski definition) is 6. The predicted molar refractivity (Wildman–Crippen MR) is 113 cm³/mol. The van der Waals surface area contributed by atoms with Crippen molar-refractivity contribution in [2.45, 2.75) is 45.4 Å². The molecule has 0 radical (unpaired) electrons. The maximum Gasteiger partial charge on any atom is 0.311 e. The van der Waals surface area contributed by atoms with Crippen LogP contribution in [0.2, 0.25) is 0 Å². The second kappa shape index (κ2) is 9.97. The van der Waals surface area contributed by atoms with Gasteiger partial charge in [0.05, 0.1) is 10.5 Å². The van der Waals surface area contributed by atoms with Crippen LogP contribution in [-0.2, 0) is 11.2 Å². The quantitative estimate of drug-likeness (QED) is 0.140. The summed E-state index contributed by atoms with van der Waals surface area (Å²) < 4.78 is 5.32. The Morgan fingerprint density at radius 2 is 1.77 bits per heavy atom. The molecule has 3 rings (SSSR count). The number of esters is 1. The number of nitro groups is 1. The highest BCUT2D eigenvalue weighted by Gasteiger charge is 2.40. The van der Waals surface area contributed by atoms with Gasteiger partial charge in [-0.05, 0) is 43.0 Å². The number of nitro benzene ring substituents is 1. The molecule has 31 heavy (non-hydrogen) atoms. The van der Waals surface area contributed by atoms with Gasteiger partial charge in [-0.2, -0.15) is 0 Å². The molecule has 2 aromatic rings. The summed E-state index contributed by atoms with van der Waals surface area (Å²) >= 11 is 0. The summed E-state index contributed by atoms with van der Waals surface area (Å²) in [5, 5.41) is 11.1. The molecular formula is C23H24N2O6. The lowest BCUT2D eigenvalue weighted by Crippen LogP contribution is -2.30. The molecule has 2 aromatic carbocycles. The zero-order chi connectivity index (χ0) is 22.4. The van der Waals surface area contributed by atoms with Crippen molar-refractivity contribution in [1.82, 2.24) is 4.90 Å². The van der Waals surface area contributed by atoms with E-state index in [2.05, 4.69) is 6.92 Å². The topological polar surface area (TPSA) is 107 Å². The molecule has 1 heterocycles. The maximum atomic E-state index is 12.5. The molecule has 0 spiro atoms. The molecule has 0 saturated heterocycles. The Morgan fingerprint density at radius 1 is 1.03 bits per heavy atom. The number of imide groups is 1. The number of carbonyl (C=O) groups excluding carboxylic acids is 3. The lowest BCUT2D eigenvalue weighted by molar-refractivity contribution is -0.385. The molecule has 0 bridgehead atoms. The van der Waals surface area contributed by atoms with Crippen LogP contribution in [0.1, 0.15) is 65.3 Å². The molecule has 0 saturated carbocycles. The molecule has 0 unspecified atom stereocenters. The Morgan fingerprint density at radius 3 is 2.45 bits per heavy atom. The van der Waals surface area contributed by atoms with Gasteiger partial charge in [-0.15, -0.1) is 0 Å². The van der Waals surface area contributed by atoms with E-state index in [9.17, 15) is 24.5 Å². The molecule has 2 amide bonds. The molecule has 8 heteroatoms. The van der Waals surface area contributed by atoms with Crippen molar-refractivity contribution in [3.05, 3.63) is 69.3 Å². The predicted octanol–water partition coefficient (Wildman–Crippen LogP) is 4.31. The van der Waals surface area contributed by atoms with Crippen molar-refractivity contribution in [1.29, 1.82) is 0 Å². The number of benzene rings is 2. The van der Waals surface area contributed by atoms with Crippen LogP contribution in [0.15, 0.2) is 42.5 Å². The average molecular weight is 424 g/mol. The molecule has 162 valence electrons. The first-order chi connectivity index (χ1) is 14.9. The van der Waals surface area contributed by atoms with Crippen LogP contribution in [0, 0.1) is 10.1 Å². The minimum absolute atomic E-state index is 0.0627. The summed E-state index contributed by atoms with van der Waals surface area (Å²) in [6.07, 6.45) is 3.92. The van der Waals surface area contributed by atoms with E-state index in [0.717, 1.165) is 17.7 Å². The fraction of sp³-hybridized carbons (Fsp3) is 0.348. The smallest absolute Gasteiger partial charge is 0.311 e. The lowest BCUT2D eigenvalue weighted by atomic mass is 10.1. The average Bonchev–Trinajstić information content (AvgIpc) is 2.99. The number of unbranched alkanes of at least 4 members (excludes halogenated alkanes) is 2. The highest BCUT2D eigenvalue weighted by atomic mass is 16.6. The van der Waals surface area contributed by atoms with Gasteiger partial charge in [-0.25, -0.2) is 0 Å². The molecule has 0 aromatic heterocycles. The van der Waals surface area contributed by atoms with E-state index in [4.69, 9.17) is 4.74 Å². The van der Waals surface area contributed by atoms with E-state index in [1.807, 2.05) is 12.1 Å². The molecule has 0 N–H and O–H groups in total. The highest BCUT2D eigenvalue weighted by Crippen LogP contribution is 2.30. The minimum Gasteiger partial charge on any atom is -0.427 e. The van der Waals surface area contributed by atoms with Crippen molar-refractivity contribution < 1.29 is 24.0 Å². The first-order valence-corrected chi connectivity index (χ1v) is 10.4. The Balaban J connectivity index is 1.43. The monoisotopic (exact) mass is 424 g/mol. The van der Waals surface area contributed by atoms with Crippen LogP contribution in [0.3, 0.4) is 0 Å². The van der Waals surface area contributed by atoms with Crippen molar-refractivity contribution >= 4 is 23.5 Å². The summed E-state index contributed by atoms with van der Waals surface area (Å²) in [6, 6.07) is 11.5. The van der Waals surface area contributed by atoms with Crippen molar-refractivity contribution in [3.63, 3.8) is 0 Å². The Labute approximate surface area is 180 Å². The van der Waals surface area contributed by atoms with Gasteiger partial charge in [-0.3, -0.25) is 29.4 Å². The second-order valence-electron chi connectivity index (χ2n) is 7.40. The van der Waals surface area contributed by atoms with Crippen molar-refractivity contribution in [3.8, 4) is 5.75 Å². The van der Waals surface area contributed by atoms with Gasteiger partial charge in [-0.1, -0.05) is 38.0 Å². The van der Waals surface area contributed by atoms with E-state index in [0.29, 0.717) is 25.0 Å². The van der Waals surface area contributed by atoms with E-state index in [1.165, 1.54) is 23.8 Å². The number of fused-ring (bicyclic) bond motifs is 1. The normalized spacial score (nSPS) is 12.7. The first kappa shape index (κ1) is 22.1. The van der Waals surface area contributed by atoms with Gasteiger partial charge in [0, 0.05) is 19.0 Å². The second-order valence-corrected chi connectivity index (χ2v) is 7.40. The number of hydrogen-bond donors (Lipinski definition) is 0. The third kappa shape index (κ3) is 5.14. The van der Waals surface area contributed by atoms with Gasteiger partial charge in [0.25, 0.3) is 17.5 Å². The number of aryl methyl sites for hydroxylation is 1. The summed E-state index contributed by atoms with van der Waals surface area (Å²) in [5.41, 5.74) is 0.753. The number of rotatable bonds is 10. The van der Waals surface area contributed by atoms with Crippen LogP contribution in [-0.4, -0.2) is 34.2 Å². The van der Waals surface area contributed by atoms with Gasteiger partial charge >= 0.3 is 5.97 Å². The van der Waals surface area contributed by atoms with Crippen LogP contribution in [0.4, 0.5) is 5.69 Å². The van der Waals surface area contributed by atoms with Gasteiger partial charge < -0.3 is 4.74 Å². The lowest BCUT2D eigenvalue weighted by Gasteiger charge is -2.13. The summed E-state index contributed by atoms with van der Waals surface area (Å²) in [7, 11) is 0. The fourth-order valence-electron chi connectivity index (χ4n) is 3.58. The number of carbonyl (C=O) groups is 3. The van der Waals surface area contributed by atoms with E-state index < -0.39 is 16.7 Å². The molecule has 0 aliphatic carbocycles. The number of ether oxygens (including phenoxy) is 1. The van der Waals surface area contributed by atoms with Gasteiger partial charge in [0.1, 0.15) is 11.3 Å². The Hall–Kier alpha value is -3.55. The zero-order valence-electron chi connectivity index (χ0n) is 17.3. The third-order valence-electron chi connectivity index (χ3n) is 5.13. The van der Waals surface area contributed by atoms with Crippen LogP contribution in [0.25, 0.3) is 0 Å². The summed E-state index contributed by atoms with van der Waals surface area (Å²) in [6.45, 7) is 2.25. The number of nitrogens with zero attached hydrogens (tertiary/aromatic N) is 2. The highest BCUT2D eigenvalue weighted by molar-refractivity contribution is 6.23. The fourth-order valence-corrected chi connectivity index (χ4v) is 3.58. The minimum atomic E-state index is -0.656. The van der Waals surface area contributed by atoms with E-state index >= 15 is 0 Å². The van der Waals surface area contributed by atoms with Gasteiger partial charge in [0.15, 0.2) is 0 Å². The summed E-state index contributed by atoms with van der Waals surface area (Å²) in [5.74, 6) is -0.982. The number of amides is 2. The molecule has 0 fully saturated rings. The molecular weight excluding hydrogens is 400 g/mol. The zero-order valence-corrected chi connectivity index (χ0v) is 17.3. The van der Waals surface area contributed by atoms with Crippen LogP contribution >= 0.6 is 0 Å². The molecule has 1 aliphatic heterocycles. The van der Waals surface area contributed by atoms with Crippen LogP contribution in [0.5, 0.6) is 5.75 Å². The Bertz CT molecular complexity index is 1000. The summed E-state index contributed by atoms with van der Waals surface area (Å²) in [4.78, 5) is 48.4. The van der Waals surface area contributed by atoms with E-state index in [-0.39, 0.29) is 35.7 Å². The SMILES string of the molecule is CCCc1ccc(OC(=O)CCCCCN2C(=O)c3cccc([N+](=O)[O-])c3C2=O)cc1. The molecule has 8 nitrogen and oxygen atoms in total. The van der Waals surface area contributed by atoms with Crippen molar-refractivity contribution in [2.24, 2.45) is 0 Å². The van der Waals surface area contributed by atoms with E-state index in [1.54, 1.807) is 12.1 Å². The third-order valence-corrected chi connectivity index (χ3v) is 5.13. The molecule has 1 aliphatic rings. The first-order valence-electron chi connectivity index (χ1n) is 10.4. The Kier molecular flexibility index (Phi) is 7.12. The maximum absolute atomic E-state index is 12.5. The standard InChI is InChI=1S/C23H24N2O6/c1-2-7-16-11-13-17(14-12-16)31-20(26)10-4-3-5-15-24-22(27)18-8-6-9-19(25(29)30)21(18)23(24)28/h6,8-9,11-14H,2-5,7,10,15H2,1H3. The molecule has 0 atom stereocenters. The largest absolute Gasteiger partial charge is 0.427 e. The van der Waals surface area contributed by atoms with Crippen LogP contribution < -0.4 is 4.74 Å².